The highest BCUT2D eigenvalue weighted by Crippen LogP contribution is 2.25. The molecule has 0 fully saturated rings. The fourth-order valence-corrected chi connectivity index (χ4v) is 0.975. The monoisotopic (exact) mass is 143 g/mol. The molecular formula is C8H15O2-. The third-order valence-electron chi connectivity index (χ3n) is 2.07. The SMILES string of the molecule is CCC[C@](C)(CC)C(=O)[O-]. The minimum absolute atomic E-state index is 0.602. The minimum Gasteiger partial charge on any atom is -0.550 e. The standard InChI is InChI=1S/C8H16O2/c1-4-6-8(3,5-2)7(9)10/h4-6H2,1-3H3,(H,9,10)/p-1/t8-/m0/s1. The van der Waals surface area contributed by atoms with Crippen molar-refractivity contribution in [1.82, 2.24) is 0 Å². The van der Waals surface area contributed by atoms with Crippen LogP contribution in [0.4, 0.5) is 0 Å². The van der Waals surface area contributed by atoms with Gasteiger partial charge >= 0.3 is 0 Å². The molecule has 0 rings (SSSR count). The van der Waals surface area contributed by atoms with Crippen molar-refractivity contribution < 1.29 is 9.90 Å². The van der Waals surface area contributed by atoms with Crippen molar-refractivity contribution in [3.8, 4) is 0 Å². The summed E-state index contributed by atoms with van der Waals surface area (Å²) in [5.41, 5.74) is -0.602. The molecule has 0 unspecified atom stereocenters. The number of rotatable bonds is 4. The van der Waals surface area contributed by atoms with E-state index in [2.05, 4.69) is 0 Å². The van der Waals surface area contributed by atoms with Gasteiger partial charge in [0.1, 0.15) is 0 Å². The fourth-order valence-electron chi connectivity index (χ4n) is 0.975. The summed E-state index contributed by atoms with van der Waals surface area (Å²) in [6, 6.07) is 0. The Hall–Kier alpha value is -0.530. The quantitative estimate of drug-likeness (QED) is 0.588. The molecule has 0 aliphatic heterocycles. The fraction of sp³-hybridized carbons (Fsp3) is 0.875. The maximum Gasteiger partial charge on any atom is 0.0473 e. The van der Waals surface area contributed by atoms with Crippen molar-refractivity contribution in [3.63, 3.8) is 0 Å². The summed E-state index contributed by atoms with van der Waals surface area (Å²) in [6.07, 6.45) is 2.27. The van der Waals surface area contributed by atoms with Gasteiger partial charge in [-0.1, -0.05) is 27.2 Å². The van der Waals surface area contributed by atoms with Crippen molar-refractivity contribution in [1.29, 1.82) is 0 Å². The van der Waals surface area contributed by atoms with E-state index in [1.165, 1.54) is 0 Å². The number of carbonyl (C=O) groups excluding carboxylic acids is 1. The van der Waals surface area contributed by atoms with E-state index in [0.717, 1.165) is 6.42 Å². The zero-order chi connectivity index (χ0) is 8.20. The zero-order valence-corrected chi connectivity index (χ0v) is 6.94. The van der Waals surface area contributed by atoms with Crippen LogP contribution in [-0.2, 0) is 4.79 Å². The lowest BCUT2D eigenvalue weighted by molar-refractivity contribution is -0.319. The number of carboxylic acids is 1. The van der Waals surface area contributed by atoms with Gasteiger partial charge < -0.3 is 9.90 Å². The van der Waals surface area contributed by atoms with Crippen LogP contribution in [0.15, 0.2) is 0 Å². The Bertz CT molecular complexity index is 120. The summed E-state index contributed by atoms with van der Waals surface area (Å²) < 4.78 is 0. The van der Waals surface area contributed by atoms with Gasteiger partial charge in [0.2, 0.25) is 0 Å². The normalized spacial score (nSPS) is 16.3. The third-order valence-corrected chi connectivity index (χ3v) is 2.07. The molecule has 0 aromatic carbocycles. The van der Waals surface area contributed by atoms with E-state index in [4.69, 9.17) is 0 Å². The molecular weight excluding hydrogens is 128 g/mol. The van der Waals surface area contributed by atoms with Crippen LogP contribution < -0.4 is 5.11 Å². The van der Waals surface area contributed by atoms with Gasteiger partial charge in [-0.25, -0.2) is 0 Å². The van der Waals surface area contributed by atoms with E-state index in [9.17, 15) is 9.90 Å². The van der Waals surface area contributed by atoms with Crippen LogP contribution in [0.5, 0.6) is 0 Å². The van der Waals surface area contributed by atoms with E-state index in [1.54, 1.807) is 6.92 Å². The topological polar surface area (TPSA) is 40.1 Å². The summed E-state index contributed by atoms with van der Waals surface area (Å²) in [6.45, 7) is 5.61. The molecule has 0 heterocycles. The van der Waals surface area contributed by atoms with Gasteiger partial charge in [0.05, 0.1) is 0 Å². The first kappa shape index (κ1) is 9.47. The van der Waals surface area contributed by atoms with E-state index in [0.29, 0.717) is 12.8 Å². The van der Waals surface area contributed by atoms with Crippen LogP contribution in [0.3, 0.4) is 0 Å². The van der Waals surface area contributed by atoms with Gasteiger partial charge in [-0.15, -0.1) is 0 Å². The molecule has 2 heteroatoms. The van der Waals surface area contributed by atoms with Crippen molar-refractivity contribution >= 4 is 5.97 Å². The molecule has 0 N–H and O–H groups in total. The lowest BCUT2D eigenvalue weighted by Gasteiger charge is -2.28. The van der Waals surface area contributed by atoms with E-state index in [1.807, 2.05) is 13.8 Å². The van der Waals surface area contributed by atoms with E-state index < -0.39 is 11.4 Å². The van der Waals surface area contributed by atoms with Crippen LogP contribution in [0.25, 0.3) is 0 Å². The Balaban J connectivity index is 4.08. The lowest BCUT2D eigenvalue weighted by atomic mass is 9.83. The van der Waals surface area contributed by atoms with Crippen LogP contribution in [0.2, 0.25) is 0 Å². The van der Waals surface area contributed by atoms with Crippen LogP contribution in [0.1, 0.15) is 40.0 Å². The number of carbonyl (C=O) groups is 1. The molecule has 0 saturated carbocycles. The number of aliphatic carboxylic acids is 1. The van der Waals surface area contributed by atoms with Gasteiger partial charge in [-0.05, 0) is 12.8 Å². The van der Waals surface area contributed by atoms with Gasteiger partial charge in [-0.2, -0.15) is 0 Å². The Labute approximate surface area is 62.2 Å². The molecule has 10 heavy (non-hydrogen) atoms. The number of hydrogen-bond acceptors (Lipinski definition) is 2. The highest BCUT2D eigenvalue weighted by molar-refractivity contribution is 5.71. The molecule has 1 atom stereocenters. The lowest BCUT2D eigenvalue weighted by Crippen LogP contribution is -2.39. The Morgan fingerprint density at radius 1 is 1.50 bits per heavy atom. The van der Waals surface area contributed by atoms with Gasteiger partial charge in [0.15, 0.2) is 0 Å². The van der Waals surface area contributed by atoms with Crippen LogP contribution >= 0.6 is 0 Å². The highest BCUT2D eigenvalue weighted by atomic mass is 16.4. The number of carboxylic acid groups (broad SMARTS) is 1. The first-order chi connectivity index (χ1) is 4.56. The molecule has 0 aromatic heterocycles. The minimum atomic E-state index is -0.920. The van der Waals surface area contributed by atoms with Crippen LogP contribution in [-0.4, -0.2) is 5.97 Å². The Morgan fingerprint density at radius 3 is 2.10 bits per heavy atom. The number of hydrogen-bond donors (Lipinski definition) is 0. The van der Waals surface area contributed by atoms with E-state index in [-0.39, 0.29) is 0 Å². The average molecular weight is 143 g/mol. The summed E-state index contributed by atoms with van der Waals surface area (Å²) in [7, 11) is 0. The van der Waals surface area contributed by atoms with E-state index >= 15 is 0 Å². The predicted octanol–water partition coefficient (Wildman–Crippen LogP) is 0.953. The summed E-state index contributed by atoms with van der Waals surface area (Å²) >= 11 is 0. The predicted molar refractivity (Wildman–Crippen MR) is 38.3 cm³/mol. The molecule has 0 aliphatic carbocycles. The molecule has 0 bridgehead atoms. The molecule has 0 radical (unpaired) electrons. The molecule has 0 saturated heterocycles. The molecule has 2 nitrogen and oxygen atoms in total. The zero-order valence-electron chi connectivity index (χ0n) is 6.94. The molecule has 60 valence electrons. The average Bonchev–Trinajstić information content (AvgIpc) is 1.88. The largest absolute Gasteiger partial charge is 0.550 e. The Kier molecular flexibility index (Phi) is 3.40. The second kappa shape index (κ2) is 3.59. The van der Waals surface area contributed by atoms with Crippen molar-refractivity contribution in [2.24, 2.45) is 5.41 Å². The second-order valence-corrected chi connectivity index (χ2v) is 2.95. The van der Waals surface area contributed by atoms with Crippen molar-refractivity contribution in [2.45, 2.75) is 40.0 Å². The third kappa shape index (κ3) is 2.01. The molecule has 0 amide bonds. The molecule has 0 spiro atoms. The van der Waals surface area contributed by atoms with Crippen LogP contribution in [0, 0.1) is 5.41 Å². The molecule has 0 aromatic rings. The maximum absolute atomic E-state index is 10.5. The van der Waals surface area contributed by atoms with Gasteiger partial charge in [0.25, 0.3) is 0 Å². The smallest absolute Gasteiger partial charge is 0.0473 e. The van der Waals surface area contributed by atoms with Gasteiger partial charge in [0, 0.05) is 11.4 Å². The van der Waals surface area contributed by atoms with Gasteiger partial charge in [-0.3, -0.25) is 0 Å². The van der Waals surface area contributed by atoms with Crippen molar-refractivity contribution in [3.05, 3.63) is 0 Å². The highest BCUT2D eigenvalue weighted by Gasteiger charge is 2.21. The summed E-state index contributed by atoms with van der Waals surface area (Å²) in [5.74, 6) is -0.920. The summed E-state index contributed by atoms with van der Waals surface area (Å²) in [4.78, 5) is 10.5. The first-order valence-corrected chi connectivity index (χ1v) is 3.78. The Morgan fingerprint density at radius 2 is 2.00 bits per heavy atom. The molecule has 0 aliphatic rings. The maximum atomic E-state index is 10.5. The first-order valence-electron chi connectivity index (χ1n) is 3.78. The second-order valence-electron chi connectivity index (χ2n) is 2.95. The van der Waals surface area contributed by atoms with Crippen molar-refractivity contribution in [2.75, 3.05) is 0 Å². The summed E-state index contributed by atoms with van der Waals surface area (Å²) in [5, 5.41) is 10.5.